The Kier molecular flexibility index (Phi) is 4.67. The Balaban J connectivity index is 1.29. The van der Waals surface area contributed by atoms with E-state index < -0.39 is 0 Å². The highest BCUT2D eigenvalue weighted by Crippen LogP contribution is 2.43. The fourth-order valence-electron chi connectivity index (χ4n) is 4.32. The lowest BCUT2D eigenvalue weighted by Crippen LogP contribution is -2.43. The summed E-state index contributed by atoms with van der Waals surface area (Å²) in [6.45, 7) is 4.80. The molecule has 1 saturated carbocycles. The molecule has 1 atom stereocenters. The van der Waals surface area contributed by atoms with Gasteiger partial charge in [-0.1, -0.05) is 6.07 Å². The standard InChI is InChI=1S/C19H28N2O2S/c1-20-14-19(11-16(20)13-23-12-15-4-5-15)6-8-21(9-7-19)18(22)17-3-2-10-24-17/h2-3,10,15-16H,4-9,11-14H2,1H3/t16-/m1/s1. The van der Waals surface area contributed by atoms with Crippen molar-refractivity contribution in [2.45, 2.75) is 38.1 Å². The number of rotatable bonds is 5. The van der Waals surface area contributed by atoms with Gasteiger partial charge in [0.1, 0.15) is 0 Å². The molecule has 0 radical (unpaired) electrons. The minimum Gasteiger partial charge on any atom is -0.380 e. The zero-order valence-corrected chi connectivity index (χ0v) is 15.4. The van der Waals surface area contributed by atoms with E-state index in [1.807, 2.05) is 22.4 Å². The van der Waals surface area contributed by atoms with E-state index in [0.717, 1.165) is 56.5 Å². The molecular formula is C19H28N2O2S. The van der Waals surface area contributed by atoms with Crippen LogP contribution >= 0.6 is 11.3 Å². The first-order valence-electron chi connectivity index (χ1n) is 9.26. The molecule has 0 N–H and O–H groups in total. The van der Waals surface area contributed by atoms with Crippen LogP contribution in [0.1, 0.15) is 41.8 Å². The summed E-state index contributed by atoms with van der Waals surface area (Å²) in [5, 5.41) is 1.98. The maximum Gasteiger partial charge on any atom is 0.263 e. The summed E-state index contributed by atoms with van der Waals surface area (Å²) in [6.07, 6.45) is 6.22. The molecule has 1 aromatic heterocycles. The van der Waals surface area contributed by atoms with E-state index in [9.17, 15) is 4.79 Å². The van der Waals surface area contributed by atoms with Crippen LogP contribution in [0.4, 0.5) is 0 Å². The number of amides is 1. The summed E-state index contributed by atoms with van der Waals surface area (Å²) in [6, 6.07) is 4.46. The van der Waals surface area contributed by atoms with Crippen LogP contribution < -0.4 is 0 Å². The predicted molar refractivity (Wildman–Crippen MR) is 96.5 cm³/mol. The van der Waals surface area contributed by atoms with Gasteiger partial charge in [0, 0.05) is 32.3 Å². The Morgan fingerprint density at radius 2 is 2.12 bits per heavy atom. The van der Waals surface area contributed by atoms with Crippen LogP contribution in [0.15, 0.2) is 17.5 Å². The van der Waals surface area contributed by atoms with Gasteiger partial charge in [0.05, 0.1) is 11.5 Å². The van der Waals surface area contributed by atoms with E-state index in [0.29, 0.717) is 11.5 Å². The SMILES string of the molecule is CN1CC2(CCN(C(=O)c3cccs3)CC2)C[C@@H]1COCC1CC1. The summed E-state index contributed by atoms with van der Waals surface area (Å²) in [4.78, 5) is 17.9. The molecule has 1 aliphatic carbocycles. The molecule has 4 nitrogen and oxygen atoms in total. The number of piperidine rings is 1. The van der Waals surface area contributed by atoms with Crippen molar-refractivity contribution in [3.63, 3.8) is 0 Å². The van der Waals surface area contributed by atoms with E-state index in [1.54, 1.807) is 11.3 Å². The van der Waals surface area contributed by atoms with Crippen molar-refractivity contribution in [1.82, 2.24) is 9.80 Å². The number of carbonyl (C=O) groups excluding carboxylic acids is 1. The van der Waals surface area contributed by atoms with Gasteiger partial charge in [0.25, 0.3) is 5.91 Å². The second-order valence-electron chi connectivity index (χ2n) is 8.02. The van der Waals surface area contributed by atoms with Crippen molar-refractivity contribution in [3.05, 3.63) is 22.4 Å². The predicted octanol–water partition coefficient (Wildman–Crippen LogP) is 3.10. The van der Waals surface area contributed by atoms with E-state index in [4.69, 9.17) is 4.74 Å². The molecule has 3 fully saturated rings. The Morgan fingerprint density at radius 1 is 1.33 bits per heavy atom. The number of ether oxygens (including phenoxy) is 1. The summed E-state index contributed by atoms with van der Waals surface area (Å²) in [5.74, 6) is 1.06. The highest BCUT2D eigenvalue weighted by molar-refractivity contribution is 7.12. The van der Waals surface area contributed by atoms with Crippen LogP contribution in [-0.2, 0) is 4.74 Å². The molecule has 4 rings (SSSR count). The molecular weight excluding hydrogens is 320 g/mol. The van der Waals surface area contributed by atoms with Gasteiger partial charge < -0.3 is 14.5 Å². The van der Waals surface area contributed by atoms with Crippen LogP contribution in [0.3, 0.4) is 0 Å². The van der Waals surface area contributed by atoms with Crippen molar-refractivity contribution in [2.24, 2.45) is 11.3 Å². The van der Waals surface area contributed by atoms with Gasteiger partial charge in [0.15, 0.2) is 0 Å². The molecule has 3 heterocycles. The first-order chi connectivity index (χ1) is 11.7. The number of hydrogen-bond acceptors (Lipinski definition) is 4. The van der Waals surface area contributed by atoms with E-state index in [-0.39, 0.29) is 5.91 Å². The highest BCUT2D eigenvalue weighted by atomic mass is 32.1. The van der Waals surface area contributed by atoms with Gasteiger partial charge in [-0.25, -0.2) is 0 Å². The third-order valence-electron chi connectivity index (χ3n) is 6.08. The number of thiophene rings is 1. The smallest absolute Gasteiger partial charge is 0.263 e. The monoisotopic (exact) mass is 348 g/mol. The maximum atomic E-state index is 12.5. The topological polar surface area (TPSA) is 32.8 Å². The van der Waals surface area contributed by atoms with Crippen molar-refractivity contribution < 1.29 is 9.53 Å². The maximum absolute atomic E-state index is 12.5. The molecule has 0 bridgehead atoms. The molecule has 5 heteroatoms. The molecule has 1 aromatic rings. The van der Waals surface area contributed by atoms with Crippen molar-refractivity contribution in [1.29, 1.82) is 0 Å². The lowest BCUT2D eigenvalue weighted by Gasteiger charge is -2.39. The molecule has 1 spiro atoms. The lowest BCUT2D eigenvalue weighted by atomic mass is 9.76. The molecule has 0 aromatic carbocycles. The Bertz CT molecular complexity index is 562. The molecule has 132 valence electrons. The third kappa shape index (κ3) is 3.53. The largest absolute Gasteiger partial charge is 0.380 e. The Hall–Kier alpha value is -0.910. The van der Waals surface area contributed by atoms with Crippen LogP contribution in [0.2, 0.25) is 0 Å². The van der Waals surface area contributed by atoms with Gasteiger partial charge in [0.2, 0.25) is 0 Å². The van der Waals surface area contributed by atoms with Gasteiger partial charge >= 0.3 is 0 Å². The fraction of sp³-hybridized carbons (Fsp3) is 0.737. The molecule has 24 heavy (non-hydrogen) atoms. The molecule has 0 unspecified atom stereocenters. The van der Waals surface area contributed by atoms with E-state index >= 15 is 0 Å². The number of likely N-dealkylation sites (tertiary alicyclic amines) is 2. The molecule has 2 aliphatic heterocycles. The number of hydrogen-bond donors (Lipinski definition) is 0. The second-order valence-corrected chi connectivity index (χ2v) is 8.97. The fourth-order valence-corrected chi connectivity index (χ4v) is 5.01. The number of carbonyl (C=O) groups is 1. The van der Waals surface area contributed by atoms with Crippen LogP contribution in [0.25, 0.3) is 0 Å². The van der Waals surface area contributed by atoms with E-state index in [2.05, 4.69) is 11.9 Å². The normalized spacial score (nSPS) is 27.0. The third-order valence-corrected chi connectivity index (χ3v) is 6.94. The number of nitrogens with zero attached hydrogens (tertiary/aromatic N) is 2. The highest BCUT2D eigenvalue weighted by Gasteiger charge is 2.44. The average Bonchev–Trinajstić information content (AvgIpc) is 3.14. The Labute approximate surface area is 148 Å². The van der Waals surface area contributed by atoms with Gasteiger partial charge in [-0.05, 0) is 61.9 Å². The molecule has 2 saturated heterocycles. The van der Waals surface area contributed by atoms with Crippen LogP contribution in [-0.4, -0.2) is 61.6 Å². The summed E-state index contributed by atoms with van der Waals surface area (Å²) in [5.41, 5.74) is 0.397. The molecule has 3 aliphatic rings. The summed E-state index contributed by atoms with van der Waals surface area (Å²) >= 11 is 1.55. The minimum atomic E-state index is 0.218. The van der Waals surface area contributed by atoms with Gasteiger partial charge in [-0.15, -0.1) is 11.3 Å². The second kappa shape index (κ2) is 6.77. The number of likely N-dealkylation sites (N-methyl/N-ethyl adjacent to an activating group) is 1. The minimum absolute atomic E-state index is 0.218. The summed E-state index contributed by atoms with van der Waals surface area (Å²) < 4.78 is 5.95. The van der Waals surface area contributed by atoms with Gasteiger partial charge in [-0.2, -0.15) is 0 Å². The van der Waals surface area contributed by atoms with E-state index in [1.165, 1.54) is 19.3 Å². The quantitative estimate of drug-likeness (QED) is 0.820. The van der Waals surface area contributed by atoms with Gasteiger partial charge in [-0.3, -0.25) is 4.79 Å². The Morgan fingerprint density at radius 3 is 2.79 bits per heavy atom. The zero-order chi connectivity index (χ0) is 16.6. The van der Waals surface area contributed by atoms with Crippen LogP contribution in [0, 0.1) is 11.3 Å². The first-order valence-corrected chi connectivity index (χ1v) is 10.1. The van der Waals surface area contributed by atoms with Crippen molar-refractivity contribution in [3.8, 4) is 0 Å². The van der Waals surface area contributed by atoms with Crippen LogP contribution in [0.5, 0.6) is 0 Å². The summed E-state index contributed by atoms with van der Waals surface area (Å²) in [7, 11) is 2.24. The lowest BCUT2D eigenvalue weighted by molar-refractivity contribution is 0.0592. The zero-order valence-electron chi connectivity index (χ0n) is 14.6. The first kappa shape index (κ1) is 16.6. The average molecular weight is 349 g/mol. The van der Waals surface area contributed by atoms with Crippen molar-refractivity contribution in [2.75, 3.05) is 39.9 Å². The molecule has 1 amide bonds. The van der Waals surface area contributed by atoms with Crippen molar-refractivity contribution >= 4 is 17.2 Å².